The summed E-state index contributed by atoms with van der Waals surface area (Å²) < 4.78 is 5.33. The number of hydrogen-bond donors (Lipinski definition) is 1. The molecule has 0 aliphatic heterocycles. The molecule has 0 spiro atoms. The molecular formula is C14H11NO2. The largest absolute Gasteiger partial charge is 0.463 e. The van der Waals surface area contributed by atoms with Gasteiger partial charge in [0.15, 0.2) is 5.43 Å². The van der Waals surface area contributed by atoms with Crippen molar-refractivity contribution in [3.63, 3.8) is 0 Å². The van der Waals surface area contributed by atoms with Gasteiger partial charge >= 0.3 is 0 Å². The molecule has 0 saturated carbocycles. The van der Waals surface area contributed by atoms with Gasteiger partial charge in [0.1, 0.15) is 5.76 Å². The number of rotatable bonds is 1. The van der Waals surface area contributed by atoms with Gasteiger partial charge in [-0.05, 0) is 31.2 Å². The van der Waals surface area contributed by atoms with Gasteiger partial charge < -0.3 is 9.40 Å². The monoisotopic (exact) mass is 225 g/mol. The molecule has 0 radical (unpaired) electrons. The lowest BCUT2D eigenvalue weighted by atomic mass is 10.1. The van der Waals surface area contributed by atoms with Gasteiger partial charge in [0.05, 0.1) is 12.0 Å². The molecule has 0 aliphatic carbocycles. The highest BCUT2D eigenvalue weighted by Crippen LogP contribution is 2.21. The first-order valence-electron chi connectivity index (χ1n) is 5.43. The van der Waals surface area contributed by atoms with Crippen LogP contribution in [0.15, 0.2) is 51.9 Å². The number of nitrogens with one attached hydrogen (secondary N) is 1. The van der Waals surface area contributed by atoms with E-state index >= 15 is 0 Å². The Hall–Kier alpha value is -2.29. The summed E-state index contributed by atoms with van der Waals surface area (Å²) in [6, 6.07) is 11.1. The van der Waals surface area contributed by atoms with Crippen molar-refractivity contribution in [3.05, 3.63) is 58.4 Å². The van der Waals surface area contributed by atoms with Crippen LogP contribution in [-0.4, -0.2) is 4.98 Å². The van der Waals surface area contributed by atoms with Crippen LogP contribution in [0.25, 0.3) is 22.4 Å². The lowest BCUT2D eigenvalue weighted by Gasteiger charge is -2.05. The van der Waals surface area contributed by atoms with Gasteiger partial charge in [-0.25, -0.2) is 0 Å². The quantitative estimate of drug-likeness (QED) is 0.691. The Morgan fingerprint density at radius 2 is 1.94 bits per heavy atom. The molecule has 3 heteroatoms. The minimum atomic E-state index is 0.0470. The molecule has 0 bridgehead atoms. The summed E-state index contributed by atoms with van der Waals surface area (Å²) in [5.74, 6) is 0.686. The Morgan fingerprint density at radius 1 is 1.12 bits per heavy atom. The third kappa shape index (κ3) is 1.47. The fourth-order valence-electron chi connectivity index (χ4n) is 2.00. The fourth-order valence-corrected chi connectivity index (χ4v) is 2.00. The van der Waals surface area contributed by atoms with Crippen LogP contribution in [0.2, 0.25) is 0 Å². The van der Waals surface area contributed by atoms with Crippen molar-refractivity contribution in [3.8, 4) is 11.5 Å². The van der Waals surface area contributed by atoms with Crippen molar-refractivity contribution >= 4 is 10.9 Å². The van der Waals surface area contributed by atoms with Crippen LogP contribution in [0, 0.1) is 6.92 Å². The molecule has 0 atom stereocenters. The van der Waals surface area contributed by atoms with Gasteiger partial charge in [-0.3, -0.25) is 4.79 Å². The predicted octanol–water partition coefficient (Wildman–Crippen LogP) is 3.10. The van der Waals surface area contributed by atoms with E-state index in [9.17, 15) is 4.79 Å². The highest BCUT2D eigenvalue weighted by Gasteiger charge is 2.11. The predicted molar refractivity (Wildman–Crippen MR) is 67.0 cm³/mol. The van der Waals surface area contributed by atoms with Gasteiger partial charge in [-0.15, -0.1) is 0 Å². The Labute approximate surface area is 97.7 Å². The van der Waals surface area contributed by atoms with Crippen LogP contribution in [0.5, 0.6) is 0 Å². The topological polar surface area (TPSA) is 46.0 Å². The zero-order valence-corrected chi connectivity index (χ0v) is 9.36. The summed E-state index contributed by atoms with van der Waals surface area (Å²) in [6.45, 7) is 1.81. The fraction of sp³-hybridized carbons (Fsp3) is 0.0714. The molecule has 2 heterocycles. The number of fused-ring (bicyclic) bond motifs is 1. The minimum absolute atomic E-state index is 0.0470. The Bertz CT molecular complexity index is 724. The van der Waals surface area contributed by atoms with Gasteiger partial charge in [0.25, 0.3) is 0 Å². The van der Waals surface area contributed by atoms with Crippen molar-refractivity contribution in [1.82, 2.24) is 4.98 Å². The molecule has 0 fully saturated rings. The third-order valence-electron chi connectivity index (χ3n) is 2.91. The zero-order chi connectivity index (χ0) is 11.8. The van der Waals surface area contributed by atoms with Crippen molar-refractivity contribution in [2.45, 2.75) is 6.92 Å². The van der Waals surface area contributed by atoms with E-state index in [0.717, 1.165) is 11.2 Å². The molecule has 1 aromatic carbocycles. The van der Waals surface area contributed by atoms with Crippen LogP contribution in [-0.2, 0) is 0 Å². The normalized spacial score (nSPS) is 10.9. The number of para-hydroxylation sites is 1. The van der Waals surface area contributed by atoms with Crippen LogP contribution in [0.3, 0.4) is 0 Å². The summed E-state index contributed by atoms with van der Waals surface area (Å²) in [7, 11) is 0. The maximum atomic E-state index is 12.2. The number of H-pyrrole nitrogens is 1. The SMILES string of the molecule is Cc1c(-c2ccco2)[nH]c2ccccc2c1=O. The molecule has 3 nitrogen and oxygen atoms in total. The van der Waals surface area contributed by atoms with Gasteiger partial charge in [0.2, 0.25) is 0 Å². The lowest BCUT2D eigenvalue weighted by Crippen LogP contribution is -2.08. The minimum Gasteiger partial charge on any atom is -0.463 e. The standard InChI is InChI=1S/C14H11NO2/c1-9-13(12-7-4-8-17-12)15-11-6-3-2-5-10(11)14(9)16/h2-8H,1H3,(H,15,16). The second-order valence-electron chi connectivity index (χ2n) is 3.98. The lowest BCUT2D eigenvalue weighted by molar-refractivity contribution is 0.580. The van der Waals surface area contributed by atoms with E-state index in [1.54, 1.807) is 6.26 Å². The van der Waals surface area contributed by atoms with Crippen molar-refractivity contribution < 1.29 is 4.42 Å². The molecule has 0 saturated heterocycles. The number of benzene rings is 1. The number of hydrogen-bond acceptors (Lipinski definition) is 2. The second-order valence-corrected chi connectivity index (χ2v) is 3.98. The van der Waals surface area contributed by atoms with Crippen LogP contribution in [0.1, 0.15) is 5.56 Å². The van der Waals surface area contributed by atoms with Gasteiger partial charge in [0, 0.05) is 16.5 Å². The van der Waals surface area contributed by atoms with E-state index in [1.165, 1.54) is 0 Å². The first kappa shape index (κ1) is 9.90. The summed E-state index contributed by atoms with van der Waals surface area (Å²) >= 11 is 0. The third-order valence-corrected chi connectivity index (χ3v) is 2.91. The van der Waals surface area contributed by atoms with E-state index in [4.69, 9.17) is 4.42 Å². The summed E-state index contributed by atoms with van der Waals surface area (Å²) in [6.07, 6.45) is 1.60. The van der Waals surface area contributed by atoms with E-state index < -0.39 is 0 Å². The average Bonchev–Trinajstić information content (AvgIpc) is 2.87. The van der Waals surface area contributed by atoms with Crippen LogP contribution >= 0.6 is 0 Å². The number of aromatic nitrogens is 1. The van der Waals surface area contributed by atoms with E-state index in [0.29, 0.717) is 16.7 Å². The molecule has 17 heavy (non-hydrogen) atoms. The first-order chi connectivity index (χ1) is 8.27. The molecule has 3 rings (SSSR count). The number of furan rings is 1. The Morgan fingerprint density at radius 3 is 2.71 bits per heavy atom. The number of pyridine rings is 1. The smallest absolute Gasteiger partial charge is 0.193 e. The summed E-state index contributed by atoms with van der Waals surface area (Å²) in [5.41, 5.74) is 2.30. The van der Waals surface area contributed by atoms with Crippen molar-refractivity contribution in [2.24, 2.45) is 0 Å². The molecule has 84 valence electrons. The summed E-state index contributed by atoms with van der Waals surface area (Å²) in [4.78, 5) is 15.4. The van der Waals surface area contributed by atoms with E-state index in [-0.39, 0.29) is 5.43 Å². The van der Waals surface area contributed by atoms with Gasteiger partial charge in [-0.1, -0.05) is 12.1 Å². The van der Waals surface area contributed by atoms with Crippen molar-refractivity contribution in [2.75, 3.05) is 0 Å². The molecule has 3 aromatic rings. The molecule has 0 aliphatic rings. The summed E-state index contributed by atoms with van der Waals surface area (Å²) in [5, 5.41) is 0.709. The maximum Gasteiger partial charge on any atom is 0.193 e. The molecular weight excluding hydrogens is 214 g/mol. The number of aromatic amines is 1. The zero-order valence-electron chi connectivity index (χ0n) is 9.36. The van der Waals surface area contributed by atoms with Crippen LogP contribution in [0.4, 0.5) is 0 Å². The van der Waals surface area contributed by atoms with E-state index in [2.05, 4.69) is 4.98 Å². The highest BCUT2D eigenvalue weighted by molar-refractivity contribution is 5.82. The first-order valence-corrected chi connectivity index (χ1v) is 5.43. The van der Waals surface area contributed by atoms with Gasteiger partial charge in [-0.2, -0.15) is 0 Å². The van der Waals surface area contributed by atoms with E-state index in [1.807, 2.05) is 43.3 Å². The van der Waals surface area contributed by atoms with Crippen molar-refractivity contribution in [1.29, 1.82) is 0 Å². The maximum absolute atomic E-state index is 12.2. The second kappa shape index (κ2) is 3.63. The average molecular weight is 225 g/mol. The molecule has 1 N–H and O–H groups in total. The highest BCUT2D eigenvalue weighted by atomic mass is 16.3. The molecule has 0 unspecified atom stereocenters. The molecule has 2 aromatic heterocycles. The Balaban J connectivity index is 2.42. The Kier molecular flexibility index (Phi) is 2.11. The molecule has 0 amide bonds. The van der Waals surface area contributed by atoms with Crippen LogP contribution < -0.4 is 5.43 Å².